The lowest BCUT2D eigenvalue weighted by Crippen LogP contribution is -2.38. The number of para-hydroxylation sites is 1. The van der Waals surface area contributed by atoms with Crippen LogP contribution >= 0.6 is 0 Å². The van der Waals surface area contributed by atoms with Crippen molar-refractivity contribution in [2.45, 2.75) is 32.5 Å². The molecule has 0 fully saturated rings. The summed E-state index contributed by atoms with van der Waals surface area (Å²) in [5, 5.41) is 14.0. The number of carboxylic acid groups (broad SMARTS) is 1. The normalized spacial score (nSPS) is 12.0. The minimum Gasteiger partial charge on any atom is -0.489 e. The number of aromatic nitrogens is 1. The summed E-state index contributed by atoms with van der Waals surface area (Å²) < 4.78 is 5.95. The van der Waals surface area contributed by atoms with Gasteiger partial charge in [-0.15, -0.1) is 0 Å². The van der Waals surface area contributed by atoms with Crippen molar-refractivity contribution < 1.29 is 14.6 Å². The Morgan fingerprint density at radius 2 is 1.84 bits per heavy atom. The number of aliphatic carboxylic acids is 1. The molecule has 1 unspecified atom stereocenters. The van der Waals surface area contributed by atoms with Gasteiger partial charge >= 0.3 is 5.97 Å². The van der Waals surface area contributed by atoms with Crippen LogP contribution in [0.15, 0.2) is 79.0 Å². The Kier molecular flexibility index (Phi) is 6.34. The summed E-state index contributed by atoms with van der Waals surface area (Å²) in [4.78, 5) is 15.1. The fraction of sp³-hybridized carbons (Fsp3) is 0.192. The highest BCUT2D eigenvalue weighted by molar-refractivity contribution is 5.84. The summed E-state index contributed by atoms with van der Waals surface area (Å²) >= 11 is 0. The fourth-order valence-corrected chi connectivity index (χ4v) is 3.69. The van der Waals surface area contributed by atoms with Gasteiger partial charge in [0.25, 0.3) is 0 Å². The molecule has 4 aromatic rings. The van der Waals surface area contributed by atoms with Crippen LogP contribution in [0.4, 0.5) is 0 Å². The van der Waals surface area contributed by atoms with Crippen molar-refractivity contribution in [2.24, 2.45) is 0 Å². The van der Waals surface area contributed by atoms with Gasteiger partial charge in [-0.1, -0.05) is 54.6 Å². The Morgan fingerprint density at radius 1 is 1.03 bits per heavy atom. The van der Waals surface area contributed by atoms with Crippen LogP contribution in [-0.4, -0.2) is 22.1 Å². The molecule has 0 amide bonds. The van der Waals surface area contributed by atoms with Gasteiger partial charge in [0.2, 0.25) is 0 Å². The second kappa shape index (κ2) is 9.49. The van der Waals surface area contributed by atoms with Gasteiger partial charge < -0.3 is 20.1 Å². The molecule has 0 aliphatic rings. The Morgan fingerprint density at radius 3 is 2.68 bits per heavy atom. The zero-order valence-corrected chi connectivity index (χ0v) is 17.5. The molecule has 1 heterocycles. The third kappa shape index (κ3) is 5.13. The van der Waals surface area contributed by atoms with E-state index < -0.39 is 12.0 Å². The predicted octanol–water partition coefficient (Wildman–Crippen LogP) is 4.84. The average molecular weight is 415 g/mol. The molecule has 3 aromatic carbocycles. The molecule has 0 spiro atoms. The largest absolute Gasteiger partial charge is 0.489 e. The summed E-state index contributed by atoms with van der Waals surface area (Å²) in [5.41, 5.74) is 5.33. The minimum absolute atomic E-state index is 0.406. The Labute approximate surface area is 181 Å². The summed E-state index contributed by atoms with van der Waals surface area (Å²) in [6.07, 6.45) is 2.30. The first-order valence-corrected chi connectivity index (χ1v) is 10.4. The molecular formula is C26H26N2O3. The number of carbonyl (C=O) groups is 1. The fourth-order valence-electron chi connectivity index (χ4n) is 3.69. The predicted molar refractivity (Wildman–Crippen MR) is 122 cm³/mol. The molecule has 0 aliphatic carbocycles. The zero-order chi connectivity index (χ0) is 21.6. The second-order valence-corrected chi connectivity index (χ2v) is 7.70. The molecule has 1 aromatic heterocycles. The van der Waals surface area contributed by atoms with Crippen molar-refractivity contribution in [2.75, 3.05) is 0 Å². The van der Waals surface area contributed by atoms with Gasteiger partial charge in [0, 0.05) is 30.1 Å². The topological polar surface area (TPSA) is 74.3 Å². The van der Waals surface area contributed by atoms with Crippen LogP contribution in [0.2, 0.25) is 0 Å². The van der Waals surface area contributed by atoms with Crippen molar-refractivity contribution in [1.82, 2.24) is 10.3 Å². The molecule has 0 saturated carbocycles. The molecule has 0 bridgehead atoms. The second-order valence-electron chi connectivity index (χ2n) is 7.70. The number of fused-ring (bicyclic) bond motifs is 1. The van der Waals surface area contributed by atoms with E-state index in [4.69, 9.17) is 4.74 Å². The molecular weight excluding hydrogens is 388 g/mol. The minimum atomic E-state index is -0.864. The molecule has 5 heteroatoms. The third-order valence-corrected chi connectivity index (χ3v) is 5.50. The number of carboxylic acids is 1. The zero-order valence-electron chi connectivity index (χ0n) is 17.5. The van der Waals surface area contributed by atoms with Crippen LogP contribution < -0.4 is 10.1 Å². The molecule has 31 heavy (non-hydrogen) atoms. The third-order valence-electron chi connectivity index (χ3n) is 5.50. The van der Waals surface area contributed by atoms with Crippen LogP contribution in [0.3, 0.4) is 0 Å². The lowest BCUT2D eigenvalue weighted by molar-refractivity contribution is -0.139. The molecule has 0 radical (unpaired) electrons. The van der Waals surface area contributed by atoms with Gasteiger partial charge in [-0.3, -0.25) is 4.79 Å². The van der Waals surface area contributed by atoms with Crippen molar-refractivity contribution in [3.8, 4) is 5.75 Å². The highest BCUT2D eigenvalue weighted by Crippen LogP contribution is 2.20. The van der Waals surface area contributed by atoms with Crippen molar-refractivity contribution >= 4 is 16.9 Å². The van der Waals surface area contributed by atoms with E-state index in [0.717, 1.165) is 33.3 Å². The lowest BCUT2D eigenvalue weighted by Gasteiger charge is -2.15. The van der Waals surface area contributed by atoms with E-state index in [1.807, 2.05) is 66.9 Å². The number of aromatic amines is 1. The van der Waals surface area contributed by atoms with E-state index in [-0.39, 0.29) is 0 Å². The number of benzene rings is 3. The summed E-state index contributed by atoms with van der Waals surface area (Å²) in [6.45, 7) is 3.02. The van der Waals surface area contributed by atoms with Crippen LogP contribution in [-0.2, 0) is 24.4 Å². The van der Waals surface area contributed by atoms with Gasteiger partial charge in [0.05, 0.1) is 0 Å². The Balaban J connectivity index is 1.39. The molecule has 158 valence electrons. The molecule has 0 saturated heterocycles. The van der Waals surface area contributed by atoms with E-state index in [0.29, 0.717) is 19.6 Å². The maximum Gasteiger partial charge on any atom is 0.321 e. The highest BCUT2D eigenvalue weighted by atomic mass is 16.5. The van der Waals surface area contributed by atoms with E-state index in [1.165, 1.54) is 5.56 Å². The number of ether oxygens (including phenoxy) is 1. The van der Waals surface area contributed by atoms with Gasteiger partial charge in [0.1, 0.15) is 18.4 Å². The molecule has 4 rings (SSSR count). The van der Waals surface area contributed by atoms with E-state index in [2.05, 4.69) is 29.4 Å². The number of rotatable bonds is 9. The monoisotopic (exact) mass is 414 g/mol. The summed E-state index contributed by atoms with van der Waals surface area (Å²) in [7, 11) is 0. The lowest BCUT2D eigenvalue weighted by atomic mass is 10.0. The quantitative estimate of drug-likeness (QED) is 0.366. The van der Waals surface area contributed by atoms with Crippen LogP contribution in [0, 0.1) is 6.92 Å². The Bertz CT molecular complexity index is 1180. The summed E-state index contributed by atoms with van der Waals surface area (Å²) in [6, 6.07) is 23.2. The maximum atomic E-state index is 11.8. The van der Waals surface area contributed by atoms with Gasteiger partial charge in [-0.25, -0.2) is 0 Å². The van der Waals surface area contributed by atoms with Gasteiger partial charge in [-0.05, 0) is 47.4 Å². The number of H-pyrrole nitrogens is 1. The summed E-state index contributed by atoms with van der Waals surface area (Å²) in [5.74, 6) is -0.0942. The highest BCUT2D eigenvalue weighted by Gasteiger charge is 2.19. The SMILES string of the molecule is Cc1ccccc1COc1cccc(CNC(Cc2c[nH]c3ccccc23)C(=O)O)c1. The first-order chi connectivity index (χ1) is 15.1. The Hall–Kier alpha value is -3.57. The van der Waals surface area contributed by atoms with Crippen molar-refractivity contribution in [3.63, 3.8) is 0 Å². The van der Waals surface area contributed by atoms with Crippen molar-refractivity contribution in [1.29, 1.82) is 0 Å². The average Bonchev–Trinajstić information content (AvgIpc) is 3.19. The molecule has 1 atom stereocenters. The van der Waals surface area contributed by atoms with Crippen LogP contribution in [0.25, 0.3) is 10.9 Å². The smallest absolute Gasteiger partial charge is 0.321 e. The van der Waals surface area contributed by atoms with E-state index in [9.17, 15) is 9.90 Å². The van der Waals surface area contributed by atoms with E-state index in [1.54, 1.807) is 0 Å². The first kappa shape index (κ1) is 20.7. The van der Waals surface area contributed by atoms with E-state index >= 15 is 0 Å². The first-order valence-electron chi connectivity index (χ1n) is 10.4. The van der Waals surface area contributed by atoms with Gasteiger partial charge in [-0.2, -0.15) is 0 Å². The van der Waals surface area contributed by atoms with Gasteiger partial charge in [0.15, 0.2) is 0 Å². The number of nitrogens with one attached hydrogen (secondary N) is 2. The molecule has 5 nitrogen and oxygen atoms in total. The molecule has 3 N–H and O–H groups in total. The van der Waals surface area contributed by atoms with Crippen LogP contribution in [0.1, 0.15) is 22.3 Å². The standard InChI is InChI=1S/C26H26N2O3/c1-18-7-2-3-9-20(18)17-31-22-10-6-8-19(13-22)15-27-25(26(29)30)14-21-16-28-24-12-5-4-11-23(21)24/h2-13,16,25,27-28H,14-15,17H2,1H3,(H,29,30). The van der Waals surface area contributed by atoms with Crippen molar-refractivity contribution in [3.05, 3.63) is 101 Å². The van der Waals surface area contributed by atoms with Crippen LogP contribution in [0.5, 0.6) is 5.75 Å². The molecule has 0 aliphatic heterocycles. The number of hydrogen-bond donors (Lipinski definition) is 3. The number of hydrogen-bond acceptors (Lipinski definition) is 3. The maximum absolute atomic E-state index is 11.8. The number of aryl methyl sites for hydroxylation is 1.